The van der Waals surface area contributed by atoms with Gasteiger partial charge in [0.05, 0.1) is 30.0 Å². The Morgan fingerprint density at radius 3 is 3.00 bits per heavy atom. The minimum absolute atomic E-state index is 0.144. The van der Waals surface area contributed by atoms with Crippen molar-refractivity contribution in [2.24, 2.45) is 7.05 Å². The van der Waals surface area contributed by atoms with Crippen molar-refractivity contribution in [2.75, 3.05) is 13.1 Å². The molecule has 8 nitrogen and oxygen atoms in total. The molecule has 0 spiro atoms. The Bertz CT molecular complexity index is 914. The number of aromatic nitrogens is 6. The summed E-state index contributed by atoms with van der Waals surface area (Å²) in [7, 11) is 2.00. The summed E-state index contributed by atoms with van der Waals surface area (Å²) in [5.41, 5.74) is 0.867. The molecule has 27 heavy (non-hydrogen) atoms. The fraction of sp³-hybridized carbons (Fsp3) is 0.500. The summed E-state index contributed by atoms with van der Waals surface area (Å²) in [6.07, 6.45) is 7.82. The smallest absolute Gasteiger partial charge is 0.228 e. The number of hydrogen-bond acceptors (Lipinski definition) is 6. The molecule has 1 aliphatic rings. The maximum Gasteiger partial charge on any atom is 0.228 e. The normalized spacial score (nSPS) is 17.4. The van der Waals surface area contributed by atoms with Crippen LogP contribution in [0.25, 0.3) is 0 Å². The van der Waals surface area contributed by atoms with Gasteiger partial charge in [-0.15, -0.1) is 21.5 Å². The number of thiazole rings is 1. The molecule has 0 N–H and O–H groups in total. The molecule has 0 bridgehead atoms. The van der Waals surface area contributed by atoms with E-state index in [9.17, 15) is 4.79 Å². The first-order valence-corrected chi connectivity index (χ1v) is 10.0. The molecule has 9 heteroatoms. The molecule has 4 rings (SSSR count). The monoisotopic (exact) mass is 385 g/mol. The SMILES string of the molecule is Cc1nc(CC(=O)N2CCCC(c3nnc(Cn4ccnc4)n3C)C2)cs1. The minimum atomic E-state index is 0.144. The number of piperidine rings is 1. The van der Waals surface area contributed by atoms with E-state index in [1.807, 2.05) is 35.0 Å². The maximum absolute atomic E-state index is 12.7. The van der Waals surface area contributed by atoms with Crippen molar-refractivity contribution in [1.82, 2.24) is 34.2 Å². The van der Waals surface area contributed by atoms with Crippen LogP contribution in [-0.4, -0.2) is 53.2 Å². The first-order valence-electron chi connectivity index (χ1n) is 9.13. The van der Waals surface area contributed by atoms with Crippen LogP contribution in [0.3, 0.4) is 0 Å². The third-order valence-corrected chi connectivity index (χ3v) is 5.84. The second-order valence-corrected chi connectivity index (χ2v) is 8.04. The predicted octanol–water partition coefficient (Wildman–Crippen LogP) is 1.77. The molecule has 3 aromatic rings. The van der Waals surface area contributed by atoms with Crippen LogP contribution < -0.4 is 0 Å². The molecular formula is C18H23N7OS. The zero-order valence-corrected chi connectivity index (χ0v) is 16.4. The van der Waals surface area contributed by atoms with Crippen molar-refractivity contribution >= 4 is 17.2 Å². The largest absolute Gasteiger partial charge is 0.342 e. The van der Waals surface area contributed by atoms with Crippen LogP contribution in [0.15, 0.2) is 24.1 Å². The summed E-state index contributed by atoms with van der Waals surface area (Å²) in [4.78, 5) is 23.1. The Morgan fingerprint density at radius 2 is 2.26 bits per heavy atom. The third-order valence-electron chi connectivity index (χ3n) is 5.02. The summed E-state index contributed by atoms with van der Waals surface area (Å²) in [6.45, 7) is 4.10. The molecule has 1 unspecified atom stereocenters. The first kappa shape index (κ1) is 17.8. The number of likely N-dealkylation sites (tertiary alicyclic amines) is 1. The lowest BCUT2D eigenvalue weighted by Gasteiger charge is -2.32. The first-order chi connectivity index (χ1) is 13.1. The number of hydrogen-bond donors (Lipinski definition) is 0. The molecule has 0 aromatic carbocycles. The van der Waals surface area contributed by atoms with Gasteiger partial charge in [-0.2, -0.15) is 0 Å². The van der Waals surface area contributed by atoms with Crippen molar-refractivity contribution in [1.29, 1.82) is 0 Å². The number of carbonyl (C=O) groups excluding carboxylic acids is 1. The molecule has 1 aliphatic heterocycles. The highest BCUT2D eigenvalue weighted by atomic mass is 32.1. The zero-order chi connectivity index (χ0) is 18.8. The summed E-state index contributed by atoms with van der Waals surface area (Å²) >= 11 is 1.59. The van der Waals surface area contributed by atoms with Gasteiger partial charge in [0.2, 0.25) is 5.91 Å². The van der Waals surface area contributed by atoms with Crippen LogP contribution >= 0.6 is 11.3 Å². The standard InChI is InChI=1S/C18H23N7OS/c1-13-20-15(11-27-13)8-17(26)25-6-3-4-14(9-25)18-22-21-16(23(18)2)10-24-7-5-19-12-24/h5,7,11-12,14H,3-4,6,8-10H2,1-2H3. The Labute approximate surface area is 161 Å². The second kappa shape index (κ2) is 7.59. The minimum Gasteiger partial charge on any atom is -0.342 e. The van der Waals surface area contributed by atoms with E-state index in [4.69, 9.17) is 0 Å². The molecule has 3 aromatic heterocycles. The zero-order valence-electron chi connectivity index (χ0n) is 15.6. The molecular weight excluding hydrogens is 362 g/mol. The molecule has 1 amide bonds. The van der Waals surface area contributed by atoms with Crippen LogP contribution in [0.4, 0.5) is 0 Å². The Kier molecular flexibility index (Phi) is 5.02. The maximum atomic E-state index is 12.7. The van der Waals surface area contributed by atoms with Gasteiger partial charge in [0.15, 0.2) is 5.82 Å². The Morgan fingerprint density at radius 1 is 1.37 bits per heavy atom. The van der Waals surface area contributed by atoms with E-state index in [-0.39, 0.29) is 11.8 Å². The number of amides is 1. The topological polar surface area (TPSA) is 81.7 Å². The summed E-state index contributed by atoms with van der Waals surface area (Å²) in [5, 5.41) is 11.8. The van der Waals surface area contributed by atoms with Gasteiger partial charge < -0.3 is 14.0 Å². The van der Waals surface area contributed by atoms with Gasteiger partial charge in [0.25, 0.3) is 0 Å². The fourth-order valence-electron chi connectivity index (χ4n) is 3.58. The van der Waals surface area contributed by atoms with E-state index < -0.39 is 0 Å². The van der Waals surface area contributed by atoms with E-state index in [1.54, 1.807) is 23.9 Å². The van der Waals surface area contributed by atoms with Crippen molar-refractivity contribution in [3.63, 3.8) is 0 Å². The van der Waals surface area contributed by atoms with Crippen LogP contribution in [0.2, 0.25) is 0 Å². The number of imidazole rings is 1. The van der Waals surface area contributed by atoms with Gasteiger partial charge in [-0.3, -0.25) is 4.79 Å². The Balaban J connectivity index is 1.43. The highest BCUT2D eigenvalue weighted by Crippen LogP contribution is 2.26. The van der Waals surface area contributed by atoms with Crippen LogP contribution in [0.1, 0.15) is 41.1 Å². The molecule has 1 fully saturated rings. The fourth-order valence-corrected chi connectivity index (χ4v) is 4.20. The van der Waals surface area contributed by atoms with Crippen molar-refractivity contribution in [3.8, 4) is 0 Å². The highest BCUT2D eigenvalue weighted by Gasteiger charge is 2.28. The number of aryl methyl sites for hydroxylation is 1. The van der Waals surface area contributed by atoms with E-state index in [0.29, 0.717) is 19.5 Å². The number of carbonyl (C=O) groups is 1. The molecule has 0 radical (unpaired) electrons. The van der Waals surface area contributed by atoms with E-state index >= 15 is 0 Å². The Hall–Kier alpha value is -2.55. The van der Waals surface area contributed by atoms with Crippen molar-refractivity contribution < 1.29 is 4.79 Å². The summed E-state index contributed by atoms with van der Waals surface area (Å²) in [5.74, 6) is 2.20. The number of nitrogens with zero attached hydrogens (tertiary/aromatic N) is 7. The van der Waals surface area contributed by atoms with Gasteiger partial charge in [-0.25, -0.2) is 9.97 Å². The molecule has 1 atom stereocenters. The van der Waals surface area contributed by atoms with Crippen LogP contribution in [0.5, 0.6) is 0 Å². The molecule has 1 saturated heterocycles. The van der Waals surface area contributed by atoms with Crippen LogP contribution in [0, 0.1) is 6.92 Å². The van der Waals surface area contributed by atoms with Crippen LogP contribution in [-0.2, 0) is 24.8 Å². The summed E-state index contributed by atoms with van der Waals surface area (Å²) in [6, 6.07) is 0. The average Bonchev–Trinajstić information content (AvgIpc) is 3.39. The van der Waals surface area contributed by atoms with Crippen molar-refractivity contribution in [2.45, 2.75) is 38.6 Å². The second-order valence-electron chi connectivity index (χ2n) is 6.98. The van der Waals surface area contributed by atoms with Gasteiger partial charge >= 0.3 is 0 Å². The highest BCUT2D eigenvalue weighted by molar-refractivity contribution is 7.09. The lowest BCUT2D eigenvalue weighted by atomic mass is 9.96. The van der Waals surface area contributed by atoms with Gasteiger partial charge in [-0.1, -0.05) is 0 Å². The molecule has 4 heterocycles. The van der Waals surface area contributed by atoms with E-state index in [1.165, 1.54) is 0 Å². The predicted molar refractivity (Wildman–Crippen MR) is 101 cm³/mol. The summed E-state index contributed by atoms with van der Waals surface area (Å²) < 4.78 is 4.03. The molecule has 0 saturated carbocycles. The van der Waals surface area contributed by atoms with Gasteiger partial charge in [0.1, 0.15) is 5.82 Å². The van der Waals surface area contributed by atoms with E-state index in [0.717, 1.165) is 41.7 Å². The number of rotatable bonds is 5. The van der Waals surface area contributed by atoms with Gasteiger partial charge in [0, 0.05) is 43.8 Å². The average molecular weight is 385 g/mol. The van der Waals surface area contributed by atoms with E-state index in [2.05, 4.69) is 24.7 Å². The quantitative estimate of drug-likeness (QED) is 0.669. The van der Waals surface area contributed by atoms with Crippen molar-refractivity contribution in [3.05, 3.63) is 46.5 Å². The lowest BCUT2D eigenvalue weighted by Crippen LogP contribution is -2.40. The molecule has 0 aliphatic carbocycles. The molecule has 142 valence electrons. The van der Waals surface area contributed by atoms with Gasteiger partial charge in [-0.05, 0) is 19.8 Å². The lowest BCUT2D eigenvalue weighted by molar-refractivity contribution is -0.131. The third kappa shape index (κ3) is 3.92.